The molecule has 0 aromatic heterocycles. The Morgan fingerprint density at radius 1 is 0.875 bits per heavy atom. The highest BCUT2D eigenvalue weighted by atomic mass is 16.1. The lowest BCUT2D eigenvalue weighted by Gasteiger charge is -2.45. The predicted octanol–water partition coefficient (Wildman–Crippen LogP) is 2.62. The number of fused-ring (bicyclic) bond motifs is 2. The van der Waals surface area contributed by atoms with Crippen LogP contribution < -0.4 is 0 Å². The van der Waals surface area contributed by atoms with E-state index in [4.69, 9.17) is 0 Å². The minimum absolute atomic E-state index is 0.408. The molecule has 1 heterocycles. The summed E-state index contributed by atoms with van der Waals surface area (Å²) in [6.07, 6.45) is 10.2. The number of carbonyl (C=O) groups is 1. The van der Waals surface area contributed by atoms with E-state index >= 15 is 0 Å². The number of piperidine rings is 1. The van der Waals surface area contributed by atoms with Crippen LogP contribution in [0.1, 0.15) is 51.4 Å². The van der Waals surface area contributed by atoms with Crippen molar-refractivity contribution in [3.05, 3.63) is 0 Å². The smallest absolute Gasteiger partial charge is 0.140 e. The molecule has 3 fully saturated rings. The third-order valence-corrected chi connectivity index (χ3v) is 4.97. The van der Waals surface area contributed by atoms with E-state index in [0.717, 1.165) is 0 Å². The van der Waals surface area contributed by atoms with Crippen LogP contribution in [0.25, 0.3) is 0 Å². The van der Waals surface area contributed by atoms with E-state index in [1.54, 1.807) is 0 Å². The van der Waals surface area contributed by atoms with Crippen molar-refractivity contribution in [2.75, 3.05) is 13.1 Å². The molecule has 90 valence electrons. The lowest BCUT2D eigenvalue weighted by Crippen LogP contribution is -2.51. The van der Waals surface area contributed by atoms with E-state index in [1.807, 2.05) is 0 Å². The zero-order chi connectivity index (χ0) is 11.0. The van der Waals surface area contributed by atoms with Gasteiger partial charge >= 0.3 is 0 Å². The van der Waals surface area contributed by atoms with Crippen molar-refractivity contribution in [1.82, 2.24) is 4.90 Å². The van der Waals surface area contributed by atoms with Crippen LogP contribution in [0.2, 0.25) is 0 Å². The number of nitrogens with zero attached hydrogens (tertiary/aromatic N) is 1. The number of hydrogen-bond donors (Lipinski definition) is 0. The Bertz CT molecular complexity index is 270. The number of hydrogen-bond acceptors (Lipinski definition) is 2. The van der Waals surface area contributed by atoms with Crippen molar-refractivity contribution in [2.45, 2.75) is 57.4 Å². The number of likely N-dealkylation sites (tertiary alicyclic amines) is 1. The predicted molar refractivity (Wildman–Crippen MR) is 64.3 cm³/mol. The first kappa shape index (κ1) is 10.8. The fraction of sp³-hybridized carbons (Fsp3) is 0.929. The first-order chi connectivity index (χ1) is 7.86. The topological polar surface area (TPSA) is 20.3 Å². The molecule has 2 saturated carbocycles. The number of ketones is 1. The molecule has 1 aliphatic heterocycles. The lowest BCUT2D eigenvalue weighted by atomic mass is 9.68. The molecule has 2 aliphatic carbocycles. The average molecular weight is 221 g/mol. The molecule has 2 heteroatoms. The molecule has 1 saturated heterocycles. The Morgan fingerprint density at radius 3 is 2.50 bits per heavy atom. The number of carbonyl (C=O) groups excluding carboxylic acids is 1. The van der Waals surface area contributed by atoms with Crippen LogP contribution >= 0.6 is 0 Å². The fourth-order valence-electron chi connectivity index (χ4n) is 4.10. The van der Waals surface area contributed by atoms with Crippen molar-refractivity contribution in [3.63, 3.8) is 0 Å². The molecule has 0 radical (unpaired) electrons. The van der Waals surface area contributed by atoms with Gasteiger partial charge in [0.2, 0.25) is 0 Å². The number of rotatable bonds is 1. The van der Waals surface area contributed by atoms with Crippen LogP contribution in [0.5, 0.6) is 0 Å². The number of Topliss-reactive ketones (excluding diaryl/α,β-unsaturated/α-hetero) is 1. The van der Waals surface area contributed by atoms with Gasteiger partial charge in [-0.2, -0.15) is 0 Å². The molecule has 0 N–H and O–H groups in total. The van der Waals surface area contributed by atoms with Crippen molar-refractivity contribution in [3.8, 4) is 0 Å². The van der Waals surface area contributed by atoms with Gasteiger partial charge in [0.1, 0.15) is 5.78 Å². The summed E-state index contributed by atoms with van der Waals surface area (Å²) >= 11 is 0. The monoisotopic (exact) mass is 221 g/mol. The van der Waals surface area contributed by atoms with E-state index in [9.17, 15) is 4.79 Å². The first-order valence-electron chi connectivity index (χ1n) is 7.14. The molecule has 0 unspecified atom stereocenters. The average Bonchev–Trinajstić information content (AvgIpc) is 2.30. The summed E-state index contributed by atoms with van der Waals surface area (Å²) in [6, 6.07) is 0.615. The highest BCUT2D eigenvalue weighted by Crippen LogP contribution is 2.39. The molecule has 2 bridgehead atoms. The Morgan fingerprint density at radius 2 is 1.69 bits per heavy atom. The second-order valence-electron chi connectivity index (χ2n) is 5.88. The van der Waals surface area contributed by atoms with Crippen LogP contribution in [0, 0.1) is 11.8 Å². The van der Waals surface area contributed by atoms with Crippen molar-refractivity contribution < 1.29 is 4.79 Å². The zero-order valence-corrected chi connectivity index (χ0v) is 10.2. The fourth-order valence-corrected chi connectivity index (χ4v) is 4.10. The Kier molecular flexibility index (Phi) is 3.01. The molecular weight excluding hydrogens is 198 g/mol. The van der Waals surface area contributed by atoms with Gasteiger partial charge < -0.3 is 0 Å². The van der Waals surface area contributed by atoms with E-state index < -0.39 is 0 Å². The van der Waals surface area contributed by atoms with Gasteiger partial charge in [-0.05, 0) is 51.6 Å². The summed E-state index contributed by atoms with van der Waals surface area (Å²) < 4.78 is 0. The highest BCUT2D eigenvalue weighted by molar-refractivity contribution is 5.85. The standard InChI is InChI=1S/C14H23NO/c16-14-11-5-4-6-12(14)13(8-7-11)15-9-2-1-3-10-15/h11-13H,1-10H2/t11-,12+,13+/m1/s1. The van der Waals surface area contributed by atoms with Crippen molar-refractivity contribution >= 4 is 5.78 Å². The summed E-state index contributed by atoms with van der Waals surface area (Å²) in [5, 5.41) is 0. The summed E-state index contributed by atoms with van der Waals surface area (Å²) in [5.74, 6) is 1.47. The maximum atomic E-state index is 12.2. The molecule has 0 amide bonds. The second-order valence-corrected chi connectivity index (χ2v) is 5.88. The second kappa shape index (κ2) is 4.48. The molecule has 3 aliphatic rings. The quantitative estimate of drug-likeness (QED) is 0.678. The van der Waals surface area contributed by atoms with Crippen molar-refractivity contribution in [2.24, 2.45) is 11.8 Å². The Labute approximate surface area is 98.4 Å². The molecule has 0 aromatic carbocycles. The van der Waals surface area contributed by atoms with Crippen LogP contribution in [0.4, 0.5) is 0 Å². The highest BCUT2D eigenvalue weighted by Gasteiger charge is 2.42. The van der Waals surface area contributed by atoms with Gasteiger partial charge in [0.05, 0.1) is 0 Å². The Balaban J connectivity index is 1.72. The third-order valence-electron chi connectivity index (χ3n) is 4.97. The summed E-state index contributed by atoms with van der Waals surface area (Å²) in [4.78, 5) is 14.9. The summed E-state index contributed by atoms with van der Waals surface area (Å²) in [6.45, 7) is 2.50. The molecule has 3 atom stereocenters. The molecule has 0 spiro atoms. The molecule has 2 nitrogen and oxygen atoms in total. The Hall–Kier alpha value is -0.370. The maximum Gasteiger partial charge on any atom is 0.140 e. The SMILES string of the molecule is O=C1[C@@H]2CCC[C@H]1[C@@H](N1CCCCC1)CC2. The summed E-state index contributed by atoms with van der Waals surface area (Å²) in [5.41, 5.74) is 0. The van der Waals surface area contributed by atoms with Crippen molar-refractivity contribution in [1.29, 1.82) is 0 Å². The van der Waals surface area contributed by atoms with Gasteiger partial charge in [-0.25, -0.2) is 0 Å². The van der Waals surface area contributed by atoms with Gasteiger partial charge in [0, 0.05) is 17.9 Å². The van der Waals surface area contributed by atoms with Crippen LogP contribution in [-0.2, 0) is 4.79 Å². The van der Waals surface area contributed by atoms with Gasteiger partial charge in [-0.1, -0.05) is 12.8 Å². The zero-order valence-electron chi connectivity index (χ0n) is 10.2. The van der Waals surface area contributed by atoms with E-state index in [2.05, 4.69) is 4.90 Å². The van der Waals surface area contributed by atoms with Gasteiger partial charge in [-0.15, -0.1) is 0 Å². The lowest BCUT2D eigenvalue weighted by molar-refractivity contribution is -0.136. The van der Waals surface area contributed by atoms with Gasteiger partial charge in [0.25, 0.3) is 0 Å². The summed E-state index contributed by atoms with van der Waals surface area (Å²) in [7, 11) is 0. The van der Waals surface area contributed by atoms with E-state index in [1.165, 1.54) is 64.5 Å². The minimum Gasteiger partial charge on any atom is -0.300 e. The van der Waals surface area contributed by atoms with Gasteiger partial charge in [0.15, 0.2) is 0 Å². The van der Waals surface area contributed by atoms with E-state index in [0.29, 0.717) is 23.7 Å². The van der Waals surface area contributed by atoms with Gasteiger partial charge in [-0.3, -0.25) is 9.69 Å². The largest absolute Gasteiger partial charge is 0.300 e. The normalized spacial score (nSPS) is 41.0. The van der Waals surface area contributed by atoms with E-state index in [-0.39, 0.29) is 0 Å². The maximum absolute atomic E-state index is 12.2. The van der Waals surface area contributed by atoms with Crippen LogP contribution in [0.3, 0.4) is 0 Å². The molecule has 16 heavy (non-hydrogen) atoms. The first-order valence-corrected chi connectivity index (χ1v) is 7.14. The molecular formula is C14H23NO. The third kappa shape index (κ3) is 1.81. The van der Waals surface area contributed by atoms with Crippen LogP contribution in [-0.4, -0.2) is 29.8 Å². The van der Waals surface area contributed by atoms with Crippen LogP contribution in [0.15, 0.2) is 0 Å². The molecule has 0 aromatic rings. The molecule has 3 rings (SSSR count). The minimum atomic E-state index is 0.408.